The maximum atomic E-state index is 14.2. The Balaban J connectivity index is 3.18. The SMILES string of the molecule is C=CCN(c1ccc([C@@H](C)N)cc1F)C(C)(C)C. The van der Waals surface area contributed by atoms with Crippen molar-refractivity contribution in [3.8, 4) is 0 Å². The number of hydrogen-bond donors (Lipinski definition) is 1. The molecule has 1 atom stereocenters. The van der Waals surface area contributed by atoms with Crippen molar-refractivity contribution in [1.82, 2.24) is 0 Å². The van der Waals surface area contributed by atoms with Crippen molar-refractivity contribution in [1.29, 1.82) is 0 Å². The smallest absolute Gasteiger partial charge is 0.146 e. The van der Waals surface area contributed by atoms with Crippen LogP contribution in [0.1, 0.15) is 39.3 Å². The molecular weight excluding hydrogens is 227 g/mol. The van der Waals surface area contributed by atoms with E-state index in [-0.39, 0.29) is 17.4 Å². The Kier molecular flexibility index (Phi) is 4.52. The zero-order chi connectivity index (χ0) is 13.9. The summed E-state index contributed by atoms with van der Waals surface area (Å²) in [6, 6.07) is 5.03. The van der Waals surface area contributed by atoms with Crippen molar-refractivity contribution in [3.05, 3.63) is 42.2 Å². The standard InChI is InChI=1S/C15H23FN2/c1-6-9-18(15(3,4)5)14-8-7-12(11(2)17)10-13(14)16/h6-8,10-11H,1,9,17H2,2-5H3/t11-/m1/s1. The second-order valence-electron chi connectivity index (χ2n) is 5.57. The topological polar surface area (TPSA) is 29.3 Å². The third-order valence-corrected chi connectivity index (χ3v) is 2.91. The van der Waals surface area contributed by atoms with Crippen LogP contribution in [0, 0.1) is 5.82 Å². The Labute approximate surface area is 109 Å². The predicted octanol–water partition coefficient (Wildman–Crippen LogP) is 3.64. The van der Waals surface area contributed by atoms with Gasteiger partial charge in [-0.25, -0.2) is 4.39 Å². The van der Waals surface area contributed by atoms with Gasteiger partial charge in [0.15, 0.2) is 0 Å². The molecule has 1 aromatic carbocycles. The van der Waals surface area contributed by atoms with E-state index < -0.39 is 0 Å². The van der Waals surface area contributed by atoms with Crippen molar-refractivity contribution >= 4 is 5.69 Å². The van der Waals surface area contributed by atoms with Gasteiger partial charge in [0.2, 0.25) is 0 Å². The van der Waals surface area contributed by atoms with Gasteiger partial charge in [0.25, 0.3) is 0 Å². The molecule has 0 saturated heterocycles. The Hall–Kier alpha value is -1.35. The van der Waals surface area contributed by atoms with Crippen LogP contribution in [0.25, 0.3) is 0 Å². The summed E-state index contributed by atoms with van der Waals surface area (Å²) >= 11 is 0. The molecule has 0 aliphatic heterocycles. The number of nitrogens with two attached hydrogens (primary N) is 1. The summed E-state index contributed by atoms with van der Waals surface area (Å²) in [7, 11) is 0. The van der Waals surface area contributed by atoms with Gasteiger partial charge in [0.05, 0.1) is 5.69 Å². The Morgan fingerprint density at radius 3 is 2.44 bits per heavy atom. The number of benzene rings is 1. The van der Waals surface area contributed by atoms with Crippen LogP contribution in [-0.2, 0) is 0 Å². The van der Waals surface area contributed by atoms with Crippen molar-refractivity contribution in [2.75, 3.05) is 11.4 Å². The molecule has 0 bridgehead atoms. The maximum absolute atomic E-state index is 14.2. The normalized spacial score (nSPS) is 13.2. The lowest BCUT2D eigenvalue weighted by Crippen LogP contribution is -2.42. The highest BCUT2D eigenvalue weighted by molar-refractivity contribution is 5.52. The molecule has 0 aliphatic carbocycles. The van der Waals surface area contributed by atoms with Gasteiger partial charge in [0.1, 0.15) is 5.82 Å². The molecule has 0 radical (unpaired) electrons. The molecular formula is C15H23FN2. The van der Waals surface area contributed by atoms with Gasteiger partial charge in [0, 0.05) is 18.1 Å². The van der Waals surface area contributed by atoms with Gasteiger partial charge in [-0.05, 0) is 45.4 Å². The lowest BCUT2D eigenvalue weighted by Gasteiger charge is -2.37. The van der Waals surface area contributed by atoms with E-state index in [9.17, 15) is 4.39 Å². The van der Waals surface area contributed by atoms with Gasteiger partial charge in [-0.1, -0.05) is 12.1 Å². The molecule has 0 unspecified atom stereocenters. The molecule has 2 nitrogen and oxygen atoms in total. The van der Waals surface area contributed by atoms with Crippen LogP contribution >= 0.6 is 0 Å². The van der Waals surface area contributed by atoms with Crippen LogP contribution in [0.15, 0.2) is 30.9 Å². The van der Waals surface area contributed by atoms with Crippen molar-refractivity contribution < 1.29 is 4.39 Å². The molecule has 1 rings (SSSR count). The van der Waals surface area contributed by atoms with Crippen molar-refractivity contribution in [2.45, 2.75) is 39.3 Å². The first-order chi connectivity index (χ1) is 8.27. The first-order valence-corrected chi connectivity index (χ1v) is 6.21. The summed E-state index contributed by atoms with van der Waals surface area (Å²) in [6.45, 7) is 12.3. The van der Waals surface area contributed by atoms with E-state index in [0.717, 1.165) is 5.56 Å². The van der Waals surface area contributed by atoms with Crippen LogP contribution in [0.5, 0.6) is 0 Å². The lowest BCUT2D eigenvalue weighted by atomic mass is 10.0. The fourth-order valence-electron chi connectivity index (χ4n) is 1.89. The Morgan fingerprint density at radius 2 is 2.06 bits per heavy atom. The van der Waals surface area contributed by atoms with Crippen molar-refractivity contribution in [3.63, 3.8) is 0 Å². The van der Waals surface area contributed by atoms with Crippen LogP contribution in [-0.4, -0.2) is 12.1 Å². The van der Waals surface area contributed by atoms with Crippen LogP contribution in [0.4, 0.5) is 10.1 Å². The molecule has 2 N–H and O–H groups in total. The van der Waals surface area contributed by atoms with Crippen LogP contribution < -0.4 is 10.6 Å². The molecule has 0 aliphatic rings. The molecule has 0 fully saturated rings. The maximum Gasteiger partial charge on any atom is 0.146 e. The zero-order valence-electron chi connectivity index (χ0n) is 11.7. The van der Waals surface area contributed by atoms with E-state index in [1.54, 1.807) is 12.1 Å². The fraction of sp³-hybridized carbons (Fsp3) is 0.467. The van der Waals surface area contributed by atoms with Crippen molar-refractivity contribution in [2.24, 2.45) is 5.73 Å². The molecule has 0 saturated carbocycles. The van der Waals surface area contributed by atoms with Gasteiger partial charge >= 0.3 is 0 Å². The quantitative estimate of drug-likeness (QED) is 0.827. The number of halogens is 1. The van der Waals surface area contributed by atoms with E-state index in [2.05, 4.69) is 27.4 Å². The molecule has 18 heavy (non-hydrogen) atoms. The average molecular weight is 250 g/mol. The second-order valence-corrected chi connectivity index (χ2v) is 5.57. The number of anilines is 1. The molecule has 3 heteroatoms. The van der Waals surface area contributed by atoms with E-state index in [1.165, 1.54) is 6.07 Å². The minimum Gasteiger partial charge on any atom is -0.361 e. The number of nitrogens with zero attached hydrogens (tertiary/aromatic N) is 1. The third kappa shape index (κ3) is 3.33. The van der Waals surface area contributed by atoms with E-state index >= 15 is 0 Å². The summed E-state index contributed by atoms with van der Waals surface area (Å²) in [5, 5.41) is 0. The average Bonchev–Trinajstić information content (AvgIpc) is 2.24. The van der Waals surface area contributed by atoms with Gasteiger partial charge in [-0.2, -0.15) is 0 Å². The van der Waals surface area contributed by atoms with Crippen LogP contribution in [0.3, 0.4) is 0 Å². The van der Waals surface area contributed by atoms with E-state index in [1.807, 2.05) is 17.9 Å². The fourth-order valence-corrected chi connectivity index (χ4v) is 1.89. The molecule has 1 aromatic rings. The first kappa shape index (κ1) is 14.7. The largest absolute Gasteiger partial charge is 0.361 e. The summed E-state index contributed by atoms with van der Waals surface area (Å²) < 4.78 is 14.2. The summed E-state index contributed by atoms with van der Waals surface area (Å²) in [5.74, 6) is -0.235. The Morgan fingerprint density at radius 1 is 1.44 bits per heavy atom. The summed E-state index contributed by atoms with van der Waals surface area (Å²) in [6.07, 6.45) is 1.78. The van der Waals surface area contributed by atoms with Crippen LogP contribution in [0.2, 0.25) is 0 Å². The van der Waals surface area contributed by atoms with Gasteiger partial charge < -0.3 is 10.6 Å². The van der Waals surface area contributed by atoms with E-state index in [4.69, 9.17) is 5.73 Å². The molecule has 0 spiro atoms. The highest BCUT2D eigenvalue weighted by Gasteiger charge is 2.23. The third-order valence-electron chi connectivity index (χ3n) is 2.91. The summed E-state index contributed by atoms with van der Waals surface area (Å²) in [4.78, 5) is 1.99. The monoisotopic (exact) mass is 250 g/mol. The molecule has 0 amide bonds. The second kappa shape index (κ2) is 5.53. The molecule has 0 aromatic heterocycles. The molecule has 100 valence electrons. The molecule has 0 heterocycles. The first-order valence-electron chi connectivity index (χ1n) is 6.21. The van der Waals surface area contributed by atoms with Gasteiger partial charge in [-0.3, -0.25) is 0 Å². The highest BCUT2D eigenvalue weighted by Crippen LogP contribution is 2.28. The Bertz CT molecular complexity index is 419. The number of rotatable bonds is 4. The van der Waals surface area contributed by atoms with Gasteiger partial charge in [-0.15, -0.1) is 6.58 Å². The minimum atomic E-state index is -0.235. The number of hydrogen-bond acceptors (Lipinski definition) is 2. The predicted molar refractivity (Wildman–Crippen MR) is 76.3 cm³/mol. The minimum absolute atomic E-state index is 0.156. The zero-order valence-corrected chi connectivity index (χ0v) is 11.7. The van der Waals surface area contributed by atoms with E-state index in [0.29, 0.717) is 12.2 Å². The lowest BCUT2D eigenvalue weighted by molar-refractivity contribution is 0.507. The summed E-state index contributed by atoms with van der Waals surface area (Å²) in [5.41, 5.74) is 6.99. The highest BCUT2D eigenvalue weighted by atomic mass is 19.1.